The molecule has 0 aliphatic heterocycles. The number of carbonyl (C=O) groups excluding carboxylic acids is 2. The van der Waals surface area contributed by atoms with Gasteiger partial charge in [-0.25, -0.2) is 9.18 Å². The molecule has 0 amide bonds. The summed E-state index contributed by atoms with van der Waals surface area (Å²) in [6.45, 7) is 1.92. The van der Waals surface area contributed by atoms with Gasteiger partial charge in [0.1, 0.15) is 11.8 Å². The van der Waals surface area contributed by atoms with Crippen LogP contribution >= 0.6 is 0 Å². The van der Waals surface area contributed by atoms with Gasteiger partial charge in [-0.3, -0.25) is 4.79 Å². The van der Waals surface area contributed by atoms with Crippen LogP contribution in [0.15, 0.2) is 24.3 Å². The lowest BCUT2D eigenvalue weighted by atomic mass is 10.0. The predicted octanol–water partition coefficient (Wildman–Crippen LogP) is 1.99. The van der Waals surface area contributed by atoms with Crippen molar-refractivity contribution in [1.29, 1.82) is 0 Å². The van der Waals surface area contributed by atoms with Gasteiger partial charge in [0.15, 0.2) is 0 Å². The van der Waals surface area contributed by atoms with Crippen LogP contribution in [-0.4, -0.2) is 18.5 Å². The van der Waals surface area contributed by atoms with Gasteiger partial charge in [-0.2, -0.15) is 0 Å². The predicted molar refractivity (Wildman–Crippen MR) is 56.8 cm³/mol. The van der Waals surface area contributed by atoms with E-state index in [-0.39, 0.29) is 18.6 Å². The first-order valence-corrected chi connectivity index (χ1v) is 4.83. The molecule has 4 heteroatoms. The second-order valence-electron chi connectivity index (χ2n) is 3.07. The Hall–Kier alpha value is -1.93. The SMILES string of the molecule is CCOC(=O)CC(=C=O)c1cccc(F)c1. The Morgan fingerprint density at radius 3 is 2.81 bits per heavy atom. The molecule has 1 rings (SSSR count). The summed E-state index contributed by atoms with van der Waals surface area (Å²) in [5, 5.41) is 0. The van der Waals surface area contributed by atoms with E-state index < -0.39 is 11.8 Å². The van der Waals surface area contributed by atoms with Crippen molar-refractivity contribution in [1.82, 2.24) is 0 Å². The molecule has 0 unspecified atom stereocenters. The van der Waals surface area contributed by atoms with Gasteiger partial charge >= 0.3 is 5.97 Å². The number of carbonyl (C=O) groups is 1. The highest BCUT2D eigenvalue weighted by molar-refractivity contribution is 5.96. The number of ether oxygens (including phenoxy) is 1. The first-order chi connectivity index (χ1) is 7.67. The summed E-state index contributed by atoms with van der Waals surface area (Å²) in [4.78, 5) is 21.8. The van der Waals surface area contributed by atoms with Crippen LogP contribution in [0.25, 0.3) is 5.57 Å². The summed E-state index contributed by atoms with van der Waals surface area (Å²) in [5.41, 5.74) is 0.445. The van der Waals surface area contributed by atoms with Crippen LogP contribution < -0.4 is 0 Å². The monoisotopic (exact) mass is 222 g/mol. The second kappa shape index (κ2) is 5.83. The molecule has 0 aliphatic rings. The number of hydrogen-bond acceptors (Lipinski definition) is 3. The summed E-state index contributed by atoms with van der Waals surface area (Å²) in [6, 6.07) is 5.45. The Morgan fingerprint density at radius 2 is 2.25 bits per heavy atom. The lowest BCUT2D eigenvalue weighted by Gasteiger charge is -2.03. The molecule has 1 aromatic rings. The molecule has 0 heterocycles. The van der Waals surface area contributed by atoms with E-state index in [0.717, 1.165) is 0 Å². The van der Waals surface area contributed by atoms with E-state index in [4.69, 9.17) is 4.74 Å². The maximum absolute atomic E-state index is 12.9. The van der Waals surface area contributed by atoms with E-state index in [9.17, 15) is 14.0 Å². The summed E-state index contributed by atoms with van der Waals surface area (Å²) in [7, 11) is 0. The van der Waals surface area contributed by atoms with Crippen LogP contribution in [0, 0.1) is 5.82 Å². The fraction of sp³-hybridized carbons (Fsp3) is 0.250. The average Bonchev–Trinajstić information content (AvgIpc) is 2.26. The van der Waals surface area contributed by atoms with E-state index in [2.05, 4.69) is 0 Å². The highest BCUT2D eigenvalue weighted by Gasteiger charge is 2.10. The Bertz CT molecular complexity index is 434. The summed E-state index contributed by atoms with van der Waals surface area (Å²) in [5.74, 6) is 0.647. The molecule has 0 saturated heterocycles. The molecule has 3 nitrogen and oxygen atoms in total. The highest BCUT2D eigenvalue weighted by Crippen LogP contribution is 2.16. The van der Waals surface area contributed by atoms with Crippen molar-refractivity contribution in [2.24, 2.45) is 0 Å². The van der Waals surface area contributed by atoms with Gasteiger partial charge in [-0.15, -0.1) is 0 Å². The van der Waals surface area contributed by atoms with Crippen LogP contribution in [0.5, 0.6) is 0 Å². The Labute approximate surface area is 92.5 Å². The molecule has 0 aromatic heterocycles. The average molecular weight is 222 g/mol. The molecule has 0 radical (unpaired) electrons. The number of benzene rings is 1. The van der Waals surface area contributed by atoms with E-state index in [1.165, 1.54) is 18.2 Å². The smallest absolute Gasteiger partial charge is 0.311 e. The maximum atomic E-state index is 12.9. The molecule has 0 bridgehead atoms. The molecule has 0 aliphatic carbocycles. The Morgan fingerprint density at radius 1 is 1.50 bits per heavy atom. The van der Waals surface area contributed by atoms with Crippen molar-refractivity contribution >= 4 is 17.5 Å². The van der Waals surface area contributed by atoms with E-state index >= 15 is 0 Å². The van der Waals surface area contributed by atoms with Gasteiger partial charge in [-0.1, -0.05) is 12.1 Å². The molecular weight excluding hydrogens is 211 g/mol. The molecule has 0 N–H and O–H groups in total. The standard InChI is InChI=1S/C12H11FO3/c1-2-16-12(15)7-10(8-14)9-4-3-5-11(13)6-9/h3-6H,2,7H2,1H3. The second-order valence-corrected chi connectivity index (χ2v) is 3.07. The topological polar surface area (TPSA) is 43.4 Å². The summed E-state index contributed by atoms with van der Waals surface area (Å²) < 4.78 is 17.6. The third kappa shape index (κ3) is 3.33. The molecule has 0 spiro atoms. The van der Waals surface area contributed by atoms with Gasteiger partial charge < -0.3 is 4.74 Å². The fourth-order valence-electron chi connectivity index (χ4n) is 1.23. The third-order valence-electron chi connectivity index (χ3n) is 1.92. The van der Waals surface area contributed by atoms with Crippen LogP contribution in [-0.2, 0) is 14.3 Å². The zero-order chi connectivity index (χ0) is 12.0. The quantitative estimate of drug-likeness (QED) is 0.578. The minimum Gasteiger partial charge on any atom is -0.466 e. The van der Waals surface area contributed by atoms with Crippen LogP contribution in [0.2, 0.25) is 0 Å². The van der Waals surface area contributed by atoms with Gasteiger partial charge in [-0.05, 0) is 24.6 Å². The largest absolute Gasteiger partial charge is 0.466 e. The lowest BCUT2D eigenvalue weighted by molar-refractivity contribution is -0.141. The summed E-state index contributed by atoms with van der Waals surface area (Å²) in [6.07, 6.45) is -0.194. The molecule has 84 valence electrons. The van der Waals surface area contributed by atoms with Crippen molar-refractivity contribution in [3.63, 3.8) is 0 Å². The maximum Gasteiger partial charge on any atom is 0.311 e. The van der Waals surface area contributed by atoms with Gasteiger partial charge in [0.05, 0.1) is 18.6 Å². The van der Waals surface area contributed by atoms with Gasteiger partial charge in [0.2, 0.25) is 0 Å². The minimum absolute atomic E-state index is 0.0953. The van der Waals surface area contributed by atoms with E-state index in [1.807, 2.05) is 0 Å². The molecular formula is C12H11FO3. The molecule has 1 aromatic carbocycles. The normalized spacial score (nSPS) is 9.38. The van der Waals surface area contributed by atoms with Gasteiger partial charge in [0, 0.05) is 0 Å². The van der Waals surface area contributed by atoms with E-state index in [1.54, 1.807) is 18.9 Å². The third-order valence-corrected chi connectivity index (χ3v) is 1.92. The fourth-order valence-corrected chi connectivity index (χ4v) is 1.23. The van der Waals surface area contributed by atoms with Gasteiger partial charge in [0.25, 0.3) is 0 Å². The highest BCUT2D eigenvalue weighted by atomic mass is 19.1. The molecule has 0 atom stereocenters. The zero-order valence-corrected chi connectivity index (χ0v) is 8.83. The first kappa shape index (κ1) is 12.1. The minimum atomic E-state index is -0.523. The Balaban J connectivity index is 2.84. The van der Waals surface area contributed by atoms with Crippen molar-refractivity contribution in [2.45, 2.75) is 13.3 Å². The number of esters is 1. The van der Waals surface area contributed by atoms with Crippen LogP contribution in [0.3, 0.4) is 0 Å². The zero-order valence-electron chi connectivity index (χ0n) is 8.83. The lowest BCUT2D eigenvalue weighted by Crippen LogP contribution is -2.05. The number of hydrogen-bond donors (Lipinski definition) is 0. The first-order valence-electron chi connectivity index (χ1n) is 4.83. The molecule has 0 saturated carbocycles. The van der Waals surface area contributed by atoms with Crippen LogP contribution in [0.1, 0.15) is 18.9 Å². The number of rotatable bonds is 4. The summed E-state index contributed by atoms with van der Waals surface area (Å²) >= 11 is 0. The van der Waals surface area contributed by atoms with Crippen molar-refractivity contribution in [3.05, 3.63) is 35.6 Å². The number of halogens is 1. The molecule has 16 heavy (non-hydrogen) atoms. The molecule has 0 fully saturated rings. The Kier molecular flexibility index (Phi) is 4.42. The van der Waals surface area contributed by atoms with Crippen LogP contribution in [0.4, 0.5) is 4.39 Å². The van der Waals surface area contributed by atoms with Crippen molar-refractivity contribution in [3.8, 4) is 0 Å². The van der Waals surface area contributed by atoms with Crippen molar-refractivity contribution in [2.75, 3.05) is 6.61 Å². The van der Waals surface area contributed by atoms with Crippen molar-refractivity contribution < 1.29 is 18.7 Å². The van der Waals surface area contributed by atoms with E-state index in [0.29, 0.717) is 5.56 Å².